The number of anilines is 1. The Kier molecular flexibility index (Phi) is 6.17. The molecule has 0 radical (unpaired) electrons. The summed E-state index contributed by atoms with van der Waals surface area (Å²) in [5.74, 6) is 1.63. The maximum absolute atomic E-state index is 12.7. The third-order valence-electron chi connectivity index (χ3n) is 4.91. The summed E-state index contributed by atoms with van der Waals surface area (Å²) in [6.45, 7) is 0.512. The maximum atomic E-state index is 12.7. The van der Waals surface area contributed by atoms with Gasteiger partial charge in [-0.05, 0) is 25.7 Å². The minimum absolute atomic E-state index is 0.0405. The zero-order valence-electron chi connectivity index (χ0n) is 15.2. The number of hydrogen-bond donors (Lipinski definition) is 1. The second kappa shape index (κ2) is 8.24. The molecule has 1 aliphatic carbocycles. The molecule has 1 aliphatic heterocycles. The van der Waals surface area contributed by atoms with Crippen molar-refractivity contribution >= 4 is 33.1 Å². The number of halogens is 2. The molecule has 0 spiro atoms. The number of hydrogen-bond acceptors (Lipinski definition) is 6. The first-order valence-electron chi connectivity index (χ1n) is 9.01. The van der Waals surface area contributed by atoms with Crippen molar-refractivity contribution in [1.82, 2.24) is 23.9 Å². The van der Waals surface area contributed by atoms with Crippen LogP contribution >= 0.6 is 11.6 Å². The fourth-order valence-corrected chi connectivity index (χ4v) is 4.64. The number of sulfonamides is 1. The Morgan fingerprint density at radius 2 is 1.96 bits per heavy atom. The van der Waals surface area contributed by atoms with E-state index < -0.39 is 16.2 Å². The second-order valence-corrected chi connectivity index (χ2v) is 9.36. The SMILES string of the molecule is CS(=O)(=O)N1CCCC(F)C1.Nc1ncc2c(Cl)nc(C3CCCC3)n2n1. The van der Waals surface area contributed by atoms with Crippen molar-refractivity contribution in [2.75, 3.05) is 25.1 Å². The van der Waals surface area contributed by atoms with E-state index in [1.165, 1.54) is 17.1 Å². The van der Waals surface area contributed by atoms with Gasteiger partial charge in [-0.15, -0.1) is 5.10 Å². The van der Waals surface area contributed by atoms with Gasteiger partial charge in [0.05, 0.1) is 12.5 Å². The van der Waals surface area contributed by atoms with Crippen LogP contribution in [0.1, 0.15) is 50.3 Å². The van der Waals surface area contributed by atoms with Gasteiger partial charge < -0.3 is 5.73 Å². The lowest BCUT2D eigenvalue weighted by molar-refractivity contribution is 0.203. The molecule has 11 heteroatoms. The molecule has 2 aromatic heterocycles. The molecule has 1 saturated carbocycles. The van der Waals surface area contributed by atoms with E-state index in [1.54, 1.807) is 10.7 Å². The molecule has 27 heavy (non-hydrogen) atoms. The fourth-order valence-electron chi connectivity index (χ4n) is 3.53. The zero-order chi connectivity index (χ0) is 19.6. The second-order valence-electron chi connectivity index (χ2n) is 7.02. The van der Waals surface area contributed by atoms with Crippen LogP contribution in [0, 0.1) is 0 Å². The summed E-state index contributed by atoms with van der Waals surface area (Å²) >= 11 is 6.06. The molecule has 4 rings (SSSR count). The standard InChI is InChI=1S/C10H12ClN5.C6H12FNO2S/c11-8-7-5-13-10(12)15-16(7)9(14-8)6-3-1-2-4-6;1-11(9,10)8-4-2-3-6(7)5-8/h5-6H,1-4H2,(H2,12,15);6H,2-5H2,1H3. The van der Waals surface area contributed by atoms with E-state index in [1.807, 2.05) is 0 Å². The van der Waals surface area contributed by atoms with Gasteiger partial charge in [-0.25, -0.2) is 27.3 Å². The number of nitrogen functional groups attached to an aromatic ring is 1. The lowest BCUT2D eigenvalue weighted by Crippen LogP contribution is -2.39. The average molecular weight is 419 g/mol. The molecule has 1 atom stereocenters. The van der Waals surface area contributed by atoms with E-state index in [2.05, 4.69) is 15.1 Å². The lowest BCUT2D eigenvalue weighted by Gasteiger charge is -2.26. The molecule has 0 amide bonds. The monoisotopic (exact) mass is 418 g/mol. The van der Waals surface area contributed by atoms with Crippen LogP contribution in [0.15, 0.2) is 6.20 Å². The van der Waals surface area contributed by atoms with Gasteiger partial charge in [0.25, 0.3) is 0 Å². The summed E-state index contributed by atoms with van der Waals surface area (Å²) in [6.07, 6.45) is 7.69. The number of piperidine rings is 1. The van der Waals surface area contributed by atoms with Gasteiger partial charge in [-0.2, -0.15) is 4.31 Å². The number of aromatic nitrogens is 4. The van der Waals surface area contributed by atoms with Crippen molar-refractivity contribution in [2.24, 2.45) is 0 Å². The van der Waals surface area contributed by atoms with E-state index >= 15 is 0 Å². The van der Waals surface area contributed by atoms with Crippen LogP contribution in [-0.2, 0) is 10.0 Å². The maximum Gasteiger partial charge on any atom is 0.238 e. The van der Waals surface area contributed by atoms with Gasteiger partial charge in [0.2, 0.25) is 16.0 Å². The van der Waals surface area contributed by atoms with Crippen LogP contribution in [0.2, 0.25) is 5.15 Å². The van der Waals surface area contributed by atoms with Crippen LogP contribution < -0.4 is 5.73 Å². The van der Waals surface area contributed by atoms with E-state index in [-0.39, 0.29) is 12.5 Å². The minimum Gasteiger partial charge on any atom is -0.367 e. The van der Waals surface area contributed by atoms with Crippen LogP contribution in [0.25, 0.3) is 5.52 Å². The predicted octanol–water partition coefficient (Wildman–Crippen LogP) is 2.40. The number of fused-ring (bicyclic) bond motifs is 1. The molecule has 3 heterocycles. The van der Waals surface area contributed by atoms with Crippen molar-refractivity contribution in [1.29, 1.82) is 0 Å². The van der Waals surface area contributed by atoms with Crippen molar-refractivity contribution in [3.8, 4) is 0 Å². The normalized spacial score (nSPS) is 22.0. The van der Waals surface area contributed by atoms with Crippen molar-refractivity contribution in [2.45, 2.75) is 50.6 Å². The molecule has 2 N–H and O–H groups in total. The summed E-state index contributed by atoms with van der Waals surface area (Å²) in [5, 5.41) is 4.64. The molecule has 0 bridgehead atoms. The minimum atomic E-state index is -3.17. The summed E-state index contributed by atoms with van der Waals surface area (Å²) in [6, 6.07) is 0. The number of imidazole rings is 1. The first-order valence-corrected chi connectivity index (χ1v) is 11.2. The summed E-state index contributed by atoms with van der Waals surface area (Å²) < 4.78 is 37.4. The first-order chi connectivity index (χ1) is 12.8. The molecule has 2 aromatic rings. The molecule has 150 valence electrons. The Balaban J connectivity index is 0.000000168. The highest BCUT2D eigenvalue weighted by atomic mass is 35.5. The van der Waals surface area contributed by atoms with Crippen molar-refractivity contribution < 1.29 is 12.8 Å². The summed E-state index contributed by atoms with van der Waals surface area (Å²) in [5.41, 5.74) is 6.32. The molecule has 2 aliphatic rings. The summed E-state index contributed by atoms with van der Waals surface area (Å²) in [7, 11) is -3.17. The summed E-state index contributed by atoms with van der Waals surface area (Å²) in [4.78, 5) is 8.31. The fraction of sp³-hybridized carbons (Fsp3) is 0.688. The van der Waals surface area contributed by atoms with Crippen LogP contribution in [0.4, 0.5) is 10.3 Å². The average Bonchev–Trinajstić information content (AvgIpc) is 3.23. The number of nitrogens with two attached hydrogens (primary N) is 1. The van der Waals surface area contributed by atoms with Crippen molar-refractivity contribution in [3.05, 3.63) is 17.2 Å². The van der Waals surface area contributed by atoms with Crippen molar-refractivity contribution in [3.63, 3.8) is 0 Å². The van der Waals surface area contributed by atoms with Crippen LogP contribution in [0.5, 0.6) is 0 Å². The topological polar surface area (TPSA) is 106 Å². The number of nitrogens with zero attached hydrogens (tertiary/aromatic N) is 5. The third kappa shape index (κ3) is 4.85. The highest BCUT2D eigenvalue weighted by molar-refractivity contribution is 7.88. The van der Waals surface area contributed by atoms with Gasteiger partial charge in [0, 0.05) is 19.0 Å². The van der Waals surface area contributed by atoms with E-state index in [9.17, 15) is 12.8 Å². The van der Waals surface area contributed by atoms with E-state index in [0.29, 0.717) is 30.5 Å². The van der Waals surface area contributed by atoms with Gasteiger partial charge in [-0.3, -0.25) is 0 Å². The smallest absolute Gasteiger partial charge is 0.238 e. The highest BCUT2D eigenvalue weighted by Crippen LogP contribution is 2.34. The Bertz CT molecular complexity index is 900. The van der Waals surface area contributed by atoms with Crippen LogP contribution in [-0.4, -0.2) is 57.8 Å². The predicted molar refractivity (Wildman–Crippen MR) is 102 cm³/mol. The highest BCUT2D eigenvalue weighted by Gasteiger charge is 2.25. The largest absolute Gasteiger partial charge is 0.367 e. The Morgan fingerprint density at radius 1 is 1.26 bits per heavy atom. The van der Waals surface area contributed by atoms with Gasteiger partial charge in [0.15, 0.2) is 5.15 Å². The van der Waals surface area contributed by atoms with Crippen LogP contribution in [0.3, 0.4) is 0 Å². The molecule has 1 unspecified atom stereocenters. The van der Waals surface area contributed by atoms with E-state index in [0.717, 1.165) is 30.4 Å². The Labute approximate surface area is 163 Å². The Hall–Kier alpha value is -1.52. The quantitative estimate of drug-likeness (QED) is 0.802. The Morgan fingerprint density at radius 3 is 2.56 bits per heavy atom. The third-order valence-corrected chi connectivity index (χ3v) is 6.45. The molecule has 1 saturated heterocycles. The number of rotatable bonds is 2. The first kappa shape index (κ1) is 20.2. The van der Waals surface area contributed by atoms with Gasteiger partial charge >= 0.3 is 0 Å². The molecular formula is C16H24ClFN6O2S. The zero-order valence-corrected chi connectivity index (χ0v) is 16.8. The van der Waals surface area contributed by atoms with Gasteiger partial charge in [-0.1, -0.05) is 24.4 Å². The van der Waals surface area contributed by atoms with E-state index in [4.69, 9.17) is 17.3 Å². The molecular weight excluding hydrogens is 395 g/mol. The lowest BCUT2D eigenvalue weighted by atomic mass is 10.1. The van der Waals surface area contributed by atoms with Gasteiger partial charge in [0.1, 0.15) is 17.5 Å². The number of alkyl halides is 1. The molecule has 0 aromatic carbocycles. The molecule has 2 fully saturated rings. The molecule has 8 nitrogen and oxygen atoms in total.